The zero-order valence-electron chi connectivity index (χ0n) is 14.0. The van der Waals surface area contributed by atoms with Crippen LogP contribution in [0.1, 0.15) is 28.4 Å². The predicted octanol–water partition coefficient (Wildman–Crippen LogP) is 3.70. The second kappa shape index (κ2) is 9.03. The number of aryl methyl sites for hydroxylation is 1. The van der Waals surface area contributed by atoms with Crippen molar-refractivity contribution in [3.63, 3.8) is 0 Å². The van der Waals surface area contributed by atoms with Crippen LogP contribution in [0, 0.1) is 6.92 Å². The Hall–Kier alpha value is -2.40. The highest BCUT2D eigenvalue weighted by Gasteiger charge is 2.09. The van der Waals surface area contributed by atoms with Crippen LogP contribution in [-0.4, -0.2) is 24.2 Å². The summed E-state index contributed by atoms with van der Waals surface area (Å²) in [7, 11) is 0. The molecular weight excluding hydrogens is 320 g/mol. The molecule has 0 aliphatic heterocycles. The lowest BCUT2D eigenvalue weighted by Gasteiger charge is -2.13. The van der Waals surface area contributed by atoms with Crippen LogP contribution in [0.4, 0.5) is 5.69 Å². The number of hydrogen-bond donors (Lipinski definition) is 2. The van der Waals surface area contributed by atoms with E-state index in [1.54, 1.807) is 19.1 Å². The second-order valence-electron chi connectivity index (χ2n) is 5.37. The predicted molar refractivity (Wildman–Crippen MR) is 102 cm³/mol. The minimum Gasteiger partial charge on any atom is -0.462 e. The third-order valence-corrected chi connectivity index (χ3v) is 3.77. The van der Waals surface area contributed by atoms with Gasteiger partial charge in [-0.1, -0.05) is 30.3 Å². The van der Waals surface area contributed by atoms with E-state index in [0.29, 0.717) is 17.3 Å². The molecule has 0 unspecified atom stereocenters. The highest BCUT2D eigenvalue weighted by atomic mass is 32.1. The molecule has 4 nitrogen and oxygen atoms in total. The molecule has 5 heteroatoms. The van der Waals surface area contributed by atoms with Crippen LogP contribution in [0.5, 0.6) is 0 Å². The molecule has 0 atom stereocenters. The molecule has 0 fully saturated rings. The monoisotopic (exact) mass is 342 g/mol. The lowest BCUT2D eigenvalue weighted by atomic mass is 10.1. The number of hydrogen-bond acceptors (Lipinski definition) is 3. The maximum atomic E-state index is 11.7. The van der Waals surface area contributed by atoms with Gasteiger partial charge >= 0.3 is 5.97 Å². The van der Waals surface area contributed by atoms with Gasteiger partial charge in [0, 0.05) is 12.2 Å². The molecule has 0 saturated heterocycles. The van der Waals surface area contributed by atoms with Gasteiger partial charge in [-0.3, -0.25) is 0 Å². The number of esters is 1. The van der Waals surface area contributed by atoms with E-state index < -0.39 is 0 Å². The van der Waals surface area contributed by atoms with E-state index in [9.17, 15) is 4.79 Å². The maximum Gasteiger partial charge on any atom is 0.338 e. The molecule has 0 aromatic heterocycles. The van der Waals surface area contributed by atoms with Gasteiger partial charge in [0.05, 0.1) is 12.2 Å². The number of carbonyl (C=O) groups is 1. The Morgan fingerprint density at radius 1 is 1.17 bits per heavy atom. The molecule has 0 aliphatic rings. The fraction of sp³-hybridized carbons (Fsp3) is 0.263. The van der Waals surface area contributed by atoms with E-state index in [1.165, 1.54) is 5.56 Å². The molecule has 2 aromatic carbocycles. The van der Waals surface area contributed by atoms with Crippen LogP contribution in [0.3, 0.4) is 0 Å². The van der Waals surface area contributed by atoms with Gasteiger partial charge in [-0.2, -0.15) is 0 Å². The van der Waals surface area contributed by atoms with Gasteiger partial charge in [0.2, 0.25) is 0 Å². The van der Waals surface area contributed by atoms with E-state index in [2.05, 4.69) is 22.8 Å². The molecule has 0 heterocycles. The molecule has 126 valence electrons. The summed E-state index contributed by atoms with van der Waals surface area (Å²) in [6, 6.07) is 15.6. The molecular formula is C19H22N2O2S. The van der Waals surface area contributed by atoms with Crippen molar-refractivity contribution >= 4 is 29.0 Å². The lowest BCUT2D eigenvalue weighted by Crippen LogP contribution is -2.30. The van der Waals surface area contributed by atoms with Crippen LogP contribution in [0.2, 0.25) is 0 Å². The molecule has 2 rings (SSSR count). The second-order valence-corrected chi connectivity index (χ2v) is 5.77. The largest absolute Gasteiger partial charge is 0.462 e. The number of ether oxygens (including phenoxy) is 1. The van der Waals surface area contributed by atoms with Gasteiger partial charge in [-0.05, 0) is 61.8 Å². The van der Waals surface area contributed by atoms with Crippen LogP contribution < -0.4 is 10.6 Å². The smallest absolute Gasteiger partial charge is 0.338 e. The van der Waals surface area contributed by atoms with Crippen LogP contribution >= 0.6 is 12.2 Å². The van der Waals surface area contributed by atoms with Crippen molar-refractivity contribution in [2.24, 2.45) is 0 Å². The lowest BCUT2D eigenvalue weighted by molar-refractivity contribution is 0.0526. The summed E-state index contributed by atoms with van der Waals surface area (Å²) >= 11 is 5.32. The van der Waals surface area contributed by atoms with E-state index in [-0.39, 0.29) is 5.97 Å². The highest BCUT2D eigenvalue weighted by Crippen LogP contribution is 2.17. The van der Waals surface area contributed by atoms with Crippen molar-refractivity contribution in [2.45, 2.75) is 20.3 Å². The Kier molecular flexibility index (Phi) is 6.75. The number of anilines is 1. The molecule has 0 amide bonds. The van der Waals surface area contributed by atoms with Gasteiger partial charge in [0.25, 0.3) is 0 Å². The average molecular weight is 342 g/mol. The minimum absolute atomic E-state index is 0.310. The first-order valence-corrected chi connectivity index (χ1v) is 8.37. The molecule has 0 radical (unpaired) electrons. The highest BCUT2D eigenvalue weighted by molar-refractivity contribution is 7.80. The van der Waals surface area contributed by atoms with Crippen molar-refractivity contribution in [3.8, 4) is 0 Å². The van der Waals surface area contributed by atoms with Gasteiger partial charge in [-0.25, -0.2) is 4.79 Å². The van der Waals surface area contributed by atoms with Gasteiger partial charge < -0.3 is 15.4 Å². The molecule has 24 heavy (non-hydrogen) atoms. The van der Waals surface area contributed by atoms with Crippen LogP contribution in [0.15, 0.2) is 48.5 Å². The normalized spacial score (nSPS) is 10.1. The summed E-state index contributed by atoms with van der Waals surface area (Å²) in [4.78, 5) is 11.7. The van der Waals surface area contributed by atoms with E-state index in [4.69, 9.17) is 17.0 Å². The third kappa shape index (κ3) is 5.35. The first-order valence-electron chi connectivity index (χ1n) is 7.96. The molecule has 0 spiro atoms. The fourth-order valence-electron chi connectivity index (χ4n) is 2.28. The standard InChI is InChI=1S/C19H22N2O2S/c1-3-23-18(22)16-9-10-17(14(2)13-16)21-19(24)20-12-11-15-7-5-4-6-8-15/h4-10,13H,3,11-12H2,1-2H3,(H2,20,21,24). The topological polar surface area (TPSA) is 50.4 Å². The zero-order chi connectivity index (χ0) is 17.4. The van der Waals surface area contributed by atoms with Crippen molar-refractivity contribution in [2.75, 3.05) is 18.5 Å². The number of benzene rings is 2. The molecule has 2 aromatic rings. The zero-order valence-corrected chi connectivity index (χ0v) is 14.8. The summed E-state index contributed by atoms with van der Waals surface area (Å²) in [6.07, 6.45) is 0.906. The summed E-state index contributed by atoms with van der Waals surface area (Å²) in [6.45, 7) is 4.85. The summed E-state index contributed by atoms with van der Waals surface area (Å²) in [5, 5.41) is 6.92. The van der Waals surface area contributed by atoms with E-state index >= 15 is 0 Å². The summed E-state index contributed by atoms with van der Waals surface area (Å²) < 4.78 is 5.00. The Bertz CT molecular complexity index is 702. The number of thiocarbonyl (C=S) groups is 1. The molecule has 2 N–H and O–H groups in total. The van der Waals surface area contributed by atoms with Gasteiger partial charge in [0.15, 0.2) is 5.11 Å². The Morgan fingerprint density at radius 2 is 1.92 bits per heavy atom. The molecule has 0 bridgehead atoms. The molecule has 0 aliphatic carbocycles. The van der Waals surface area contributed by atoms with Crippen molar-refractivity contribution in [3.05, 3.63) is 65.2 Å². The van der Waals surface area contributed by atoms with E-state index in [1.807, 2.05) is 31.2 Å². The Labute approximate surface area is 148 Å². The van der Waals surface area contributed by atoms with E-state index in [0.717, 1.165) is 24.2 Å². The summed E-state index contributed by atoms with van der Waals surface area (Å²) in [5.74, 6) is -0.310. The number of nitrogens with one attached hydrogen (secondary N) is 2. The average Bonchev–Trinajstić information content (AvgIpc) is 2.58. The Balaban J connectivity index is 1.86. The minimum atomic E-state index is -0.310. The summed E-state index contributed by atoms with van der Waals surface area (Å²) in [5.41, 5.74) is 3.62. The first-order chi connectivity index (χ1) is 11.6. The van der Waals surface area contributed by atoms with Crippen molar-refractivity contribution < 1.29 is 9.53 Å². The SMILES string of the molecule is CCOC(=O)c1ccc(NC(=S)NCCc2ccccc2)c(C)c1. The fourth-order valence-corrected chi connectivity index (χ4v) is 2.49. The third-order valence-electron chi connectivity index (χ3n) is 3.53. The quantitative estimate of drug-likeness (QED) is 0.619. The Morgan fingerprint density at radius 3 is 2.58 bits per heavy atom. The van der Waals surface area contributed by atoms with Gasteiger partial charge in [-0.15, -0.1) is 0 Å². The van der Waals surface area contributed by atoms with Gasteiger partial charge in [0.1, 0.15) is 0 Å². The van der Waals surface area contributed by atoms with Crippen LogP contribution in [0.25, 0.3) is 0 Å². The maximum absolute atomic E-state index is 11.7. The van der Waals surface area contributed by atoms with Crippen molar-refractivity contribution in [1.82, 2.24) is 5.32 Å². The number of carbonyl (C=O) groups excluding carboxylic acids is 1. The first kappa shape index (κ1) is 17.9. The number of rotatable bonds is 6. The van der Waals surface area contributed by atoms with Crippen molar-refractivity contribution in [1.29, 1.82) is 0 Å². The molecule has 0 saturated carbocycles. The van der Waals surface area contributed by atoms with Crippen LogP contribution in [-0.2, 0) is 11.2 Å².